The first-order valence-electron chi connectivity index (χ1n) is 5.34. The molecule has 3 rings (SSSR count). The fraction of sp³-hybridized carbons (Fsp3) is 1.00. The minimum atomic E-state index is -0.117. The quantitative estimate of drug-likeness (QED) is 0.569. The summed E-state index contributed by atoms with van der Waals surface area (Å²) < 4.78 is 0. The normalized spacial score (nSPS) is 56.1. The van der Waals surface area contributed by atoms with Gasteiger partial charge in [0.25, 0.3) is 0 Å². The maximum Gasteiger partial charge on any atom is 0.0817 e. The Kier molecular flexibility index (Phi) is 1.43. The molecule has 0 radical (unpaired) electrons. The van der Waals surface area contributed by atoms with Crippen LogP contribution in [-0.2, 0) is 0 Å². The highest BCUT2D eigenvalue weighted by Crippen LogP contribution is 2.53. The van der Waals surface area contributed by atoms with Gasteiger partial charge >= 0.3 is 0 Å². The molecule has 0 amide bonds. The Labute approximate surface area is 79.3 Å². The van der Waals surface area contributed by atoms with Crippen LogP contribution in [-0.4, -0.2) is 52.9 Å². The molecule has 3 aliphatic heterocycles. The molecule has 74 valence electrons. The maximum atomic E-state index is 9.64. The summed E-state index contributed by atoms with van der Waals surface area (Å²) in [6.45, 7) is 8.83. The van der Waals surface area contributed by atoms with Crippen LogP contribution in [0.15, 0.2) is 0 Å². The Balaban J connectivity index is 1.89. The number of nitrogens with zero attached hydrogens (tertiary/aromatic N) is 2. The zero-order chi connectivity index (χ0) is 9.22. The van der Waals surface area contributed by atoms with Crippen LogP contribution in [0, 0.1) is 11.8 Å². The lowest BCUT2D eigenvalue weighted by Gasteiger charge is -2.74. The summed E-state index contributed by atoms with van der Waals surface area (Å²) in [5, 5.41) is 9.64. The minimum absolute atomic E-state index is 0.117. The largest absolute Gasteiger partial charge is 0.390 e. The number of aliphatic hydroxyl groups is 1. The van der Waals surface area contributed by atoms with E-state index in [1.54, 1.807) is 0 Å². The van der Waals surface area contributed by atoms with E-state index in [0.717, 1.165) is 24.9 Å². The van der Waals surface area contributed by atoms with E-state index in [1.807, 2.05) is 0 Å². The molecule has 1 N–H and O–H groups in total. The molecule has 0 saturated carbocycles. The van der Waals surface area contributed by atoms with Crippen LogP contribution >= 0.6 is 0 Å². The summed E-state index contributed by atoms with van der Waals surface area (Å²) in [6, 6.07) is 0. The maximum absolute atomic E-state index is 9.64. The Morgan fingerprint density at radius 3 is 1.85 bits per heavy atom. The van der Waals surface area contributed by atoms with E-state index in [4.69, 9.17) is 0 Å². The van der Waals surface area contributed by atoms with Crippen molar-refractivity contribution in [2.45, 2.75) is 25.6 Å². The first-order valence-corrected chi connectivity index (χ1v) is 5.34. The Morgan fingerprint density at radius 1 is 1.00 bits per heavy atom. The van der Waals surface area contributed by atoms with E-state index in [2.05, 4.69) is 23.6 Å². The number of hydrogen-bond acceptors (Lipinski definition) is 3. The van der Waals surface area contributed by atoms with Crippen LogP contribution in [0.5, 0.6) is 0 Å². The first kappa shape index (κ1) is 8.21. The smallest absolute Gasteiger partial charge is 0.0817 e. The lowest BCUT2D eigenvalue weighted by molar-refractivity contribution is -0.306. The topological polar surface area (TPSA) is 26.7 Å². The molecule has 0 aromatic carbocycles. The lowest BCUT2D eigenvalue weighted by Crippen LogP contribution is -2.88. The lowest BCUT2D eigenvalue weighted by atomic mass is 9.65. The molecule has 0 aromatic heterocycles. The van der Waals surface area contributed by atoms with Crippen molar-refractivity contribution < 1.29 is 5.11 Å². The predicted octanol–water partition coefficient (Wildman–Crippen LogP) is -0.0394. The van der Waals surface area contributed by atoms with Crippen LogP contribution in [0.2, 0.25) is 0 Å². The van der Waals surface area contributed by atoms with Crippen molar-refractivity contribution in [3.05, 3.63) is 0 Å². The summed E-state index contributed by atoms with van der Waals surface area (Å²) in [4.78, 5) is 4.94. The molecule has 2 atom stereocenters. The van der Waals surface area contributed by atoms with Gasteiger partial charge in [-0.2, -0.15) is 0 Å². The number of rotatable bonds is 0. The van der Waals surface area contributed by atoms with E-state index in [0.29, 0.717) is 5.66 Å². The van der Waals surface area contributed by atoms with Crippen LogP contribution in [0.4, 0.5) is 0 Å². The highest BCUT2D eigenvalue weighted by atomic mass is 16.3. The fourth-order valence-corrected chi connectivity index (χ4v) is 3.94. The molecule has 0 bridgehead atoms. The van der Waals surface area contributed by atoms with Crippen LogP contribution in [0.25, 0.3) is 0 Å². The van der Waals surface area contributed by atoms with Crippen LogP contribution < -0.4 is 0 Å². The van der Waals surface area contributed by atoms with E-state index in [-0.39, 0.29) is 6.10 Å². The molecule has 13 heavy (non-hydrogen) atoms. The summed E-state index contributed by atoms with van der Waals surface area (Å²) in [7, 11) is 0. The second-order valence-electron chi connectivity index (χ2n) is 5.05. The van der Waals surface area contributed by atoms with Gasteiger partial charge < -0.3 is 5.11 Å². The molecular formula is C10H18N2O. The van der Waals surface area contributed by atoms with Crippen LogP contribution in [0.1, 0.15) is 13.8 Å². The summed E-state index contributed by atoms with van der Waals surface area (Å²) in [5.74, 6) is 1.59. The third-order valence-corrected chi connectivity index (χ3v) is 4.31. The van der Waals surface area contributed by atoms with Gasteiger partial charge in [-0.25, -0.2) is 0 Å². The Bertz CT molecular complexity index is 219. The molecule has 3 saturated heterocycles. The average Bonchev–Trinajstić information content (AvgIpc) is 2.00. The van der Waals surface area contributed by atoms with Crippen molar-refractivity contribution in [2.24, 2.45) is 11.8 Å². The molecule has 2 unspecified atom stereocenters. The molecule has 0 aromatic rings. The van der Waals surface area contributed by atoms with Gasteiger partial charge in [-0.15, -0.1) is 0 Å². The standard InChI is InChI=1S/C10H18N2O/c1-7-3-11-5-9(13)6-12-4-8(2)10(7,11)12/h7-9,13H,3-6H2,1-2H3. The zero-order valence-corrected chi connectivity index (χ0v) is 8.40. The van der Waals surface area contributed by atoms with E-state index in [9.17, 15) is 5.11 Å². The number of hydrogen-bond donors (Lipinski definition) is 1. The Morgan fingerprint density at radius 2 is 1.46 bits per heavy atom. The molecule has 3 fully saturated rings. The van der Waals surface area contributed by atoms with Gasteiger partial charge in [-0.3, -0.25) is 9.80 Å². The van der Waals surface area contributed by atoms with Gasteiger partial charge in [-0.1, -0.05) is 13.8 Å². The molecular weight excluding hydrogens is 164 g/mol. The third-order valence-electron chi connectivity index (χ3n) is 4.31. The highest BCUT2D eigenvalue weighted by Gasteiger charge is 2.66. The molecule has 3 aliphatic rings. The minimum Gasteiger partial charge on any atom is -0.390 e. The predicted molar refractivity (Wildman–Crippen MR) is 50.2 cm³/mol. The van der Waals surface area contributed by atoms with Gasteiger partial charge in [-0.05, 0) is 0 Å². The van der Waals surface area contributed by atoms with E-state index >= 15 is 0 Å². The van der Waals surface area contributed by atoms with Crippen LogP contribution in [0.3, 0.4) is 0 Å². The zero-order valence-electron chi connectivity index (χ0n) is 8.40. The summed E-state index contributed by atoms with van der Waals surface area (Å²) >= 11 is 0. The fourth-order valence-electron chi connectivity index (χ4n) is 3.94. The van der Waals surface area contributed by atoms with Crippen molar-refractivity contribution in [1.82, 2.24) is 9.80 Å². The van der Waals surface area contributed by atoms with Gasteiger partial charge in [0.15, 0.2) is 0 Å². The third kappa shape index (κ3) is 0.729. The summed E-state index contributed by atoms with van der Waals surface area (Å²) in [5.41, 5.74) is 0.360. The van der Waals surface area contributed by atoms with Gasteiger partial charge in [0, 0.05) is 38.0 Å². The highest BCUT2D eigenvalue weighted by molar-refractivity contribution is 5.16. The van der Waals surface area contributed by atoms with Gasteiger partial charge in [0.05, 0.1) is 11.8 Å². The first-order chi connectivity index (χ1) is 6.15. The summed E-state index contributed by atoms with van der Waals surface area (Å²) in [6.07, 6.45) is -0.117. The van der Waals surface area contributed by atoms with Gasteiger partial charge in [0.1, 0.15) is 0 Å². The average molecular weight is 182 g/mol. The molecule has 3 heterocycles. The molecule has 1 spiro atoms. The van der Waals surface area contributed by atoms with E-state index < -0.39 is 0 Å². The number of aliphatic hydroxyl groups excluding tert-OH is 1. The second kappa shape index (κ2) is 2.27. The molecule has 3 heteroatoms. The van der Waals surface area contributed by atoms with Crippen molar-refractivity contribution >= 4 is 0 Å². The van der Waals surface area contributed by atoms with Gasteiger partial charge in [0.2, 0.25) is 0 Å². The van der Waals surface area contributed by atoms with Crippen molar-refractivity contribution in [3.63, 3.8) is 0 Å². The SMILES string of the molecule is CC1CN2CC(O)CN3CC(C)C123. The van der Waals surface area contributed by atoms with Crippen molar-refractivity contribution in [3.8, 4) is 0 Å². The monoisotopic (exact) mass is 182 g/mol. The Hall–Kier alpha value is -0.120. The van der Waals surface area contributed by atoms with Crippen molar-refractivity contribution in [1.29, 1.82) is 0 Å². The molecule has 3 nitrogen and oxygen atoms in total. The van der Waals surface area contributed by atoms with Crippen molar-refractivity contribution in [2.75, 3.05) is 26.2 Å². The molecule has 0 aliphatic carbocycles. The van der Waals surface area contributed by atoms with E-state index in [1.165, 1.54) is 13.1 Å². The second-order valence-corrected chi connectivity index (χ2v) is 5.05.